The van der Waals surface area contributed by atoms with Gasteiger partial charge in [0.25, 0.3) is 5.69 Å². The molecule has 10 nitrogen and oxygen atoms in total. The lowest BCUT2D eigenvalue weighted by atomic mass is 10.1. The van der Waals surface area contributed by atoms with Gasteiger partial charge in [-0.15, -0.1) is 0 Å². The molecule has 2 amide bonds. The molecule has 0 N–H and O–H groups in total. The van der Waals surface area contributed by atoms with Crippen molar-refractivity contribution in [3.63, 3.8) is 0 Å². The minimum Gasteiger partial charge on any atom is -0.443 e. The summed E-state index contributed by atoms with van der Waals surface area (Å²) in [4.78, 5) is 46.0. The lowest BCUT2D eigenvalue weighted by molar-refractivity contribution is -0.384. The Labute approximate surface area is 188 Å². The molecule has 0 unspecified atom stereocenters. The molecule has 0 spiro atoms. The molecule has 4 aromatic rings. The first-order valence-electron chi connectivity index (χ1n) is 10.1. The van der Waals surface area contributed by atoms with Crippen LogP contribution < -0.4 is 4.90 Å². The van der Waals surface area contributed by atoms with E-state index in [1.807, 2.05) is 12.1 Å². The van der Waals surface area contributed by atoms with Gasteiger partial charge in [-0.2, -0.15) is 0 Å². The summed E-state index contributed by atoms with van der Waals surface area (Å²) in [5.41, 5.74) is -0.697. The fraction of sp³-hybridized carbons (Fsp3) is 0.217. The Morgan fingerprint density at radius 3 is 2.55 bits per heavy atom. The van der Waals surface area contributed by atoms with Gasteiger partial charge in [0.2, 0.25) is 5.91 Å². The van der Waals surface area contributed by atoms with Crippen LogP contribution in [-0.2, 0) is 9.53 Å². The Bertz CT molecular complexity index is 1420. The maximum absolute atomic E-state index is 12.9. The highest BCUT2D eigenvalue weighted by Gasteiger charge is 2.33. The second-order valence-corrected chi connectivity index (χ2v) is 8.41. The molecule has 3 heterocycles. The van der Waals surface area contributed by atoms with Crippen molar-refractivity contribution in [2.24, 2.45) is 0 Å². The lowest BCUT2D eigenvalue weighted by Crippen LogP contribution is -2.40. The van der Waals surface area contributed by atoms with Crippen LogP contribution in [0.15, 0.2) is 55.1 Å². The van der Waals surface area contributed by atoms with E-state index in [-0.39, 0.29) is 5.69 Å². The Hall–Kier alpha value is -4.34. The standard InChI is InChI=1S/C23H21N5O5/c1-14(29)27(22(30)33-23(2,3)4)21-17-11-20(25-12-16(17)5-6-18(21)28(31)32)26-10-8-15-7-9-24-13-19(15)26/h5-13H,1-4H3. The van der Waals surface area contributed by atoms with E-state index in [1.54, 1.807) is 50.0 Å². The molecule has 0 saturated carbocycles. The second-order valence-electron chi connectivity index (χ2n) is 8.41. The van der Waals surface area contributed by atoms with Crippen molar-refractivity contribution < 1.29 is 19.2 Å². The van der Waals surface area contributed by atoms with E-state index < -0.39 is 28.2 Å². The maximum Gasteiger partial charge on any atom is 0.421 e. The first-order chi connectivity index (χ1) is 15.6. The van der Waals surface area contributed by atoms with Crippen LogP contribution >= 0.6 is 0 Å². The van der Waals surface area contributed by atoms with Crippen molar-refractivity contribution in [2.75, 3.05) is 4.90 Å². The summed E-state index contributed by atoms with van der Waals surface area (Å²) in [5.74, 6) is -0.270. The molecule has 33 heavy (non-hydrogen) atoms. The normalized spacial score (nSPS) is 11.5. The number of hydrogen-bond acceptors (Lipinski definition) is 7. The van der Waals surface area contributed by atoms with Crippen molar-refractivity contribution in [2.45, 2.75) is 33.3 Å². The van der Waals surface area contributed by atoms with Gasteiger partial charge in [-0.05, 0) is 45.0 Å². The number of carbonyl (C=O) groups is 2. The smallest absolute Gasteiger partial charge is 0.421 e. The van der Waals surface area contributed by atoms with E-state index in [2.05, 4.69) is 9.97 Å². The molecule has 0 atom stereocenters. The van der Waals surface area contributed by atoms with Crippen molar-refractivity contribution >= 4 is 45.1 Å². The van der Waals surface area contributed by atoms with Gasteiger partial charge in [0.1, 0.15) is 17.1 Å². The average Bonchev–Trinajstić information content (AvgIpc) is 3.16. The van der Waals surface area contributed by atoms with E-state index in [1.165, 1.54) is 18.3 Å². The minimum absolute atomic E-state index is 0.169. The van der Waals surface area contributed by atoms with Crippen molar-refractivity contribution in [1.82, 2.24) is 14.5 Å². The highest BCUT2D eigenvalue weighted by molar-refractivity contribution is 6.18. The van der Waals surface area contributed by atoms with Crippen molar-refractivity contribution in [3.8, 4) is 5.82 Å². The Balaban J connectivity index is 1.99. The number of nitro benzene ring substituents is 1. The van der Waals surface area contributed by atoms with Crippen molar-refractivity contribution in [3.05, 3.63) is 65.2 Å². The van der Waals surface area contributed by atoms with E-state index in [9.17, 15) is 19.7 Å². The number of nitro groups is 1. The zero-order valence-corrected chi connectivity index (χ0v) is 18.5. The third-order valence-electron chi connectivity index (χ3n) is 4.89. The van der Waals surface area contributed by atoms with E-state index in [0.717, 1.165) is 17.8 Å². The van der Waals surface area contributed by atoms with Gasteiger partial charge in [-0.3, -0.25) is 24.5 Å². The first-order valence-corrected chi connectivity index (χ1v) is 10.1. The predicted molar refractivity (Wildman–Crippen MR) is 122 cm³/mol. The van der Waals surface area contributed by atoms with Gasteiger partial charge < -0.3 is 4.74 Å². The molecule has 0 aliphatic rings. The fourth-order valence-corrected chi connectivity index (χ4v) is 3.55. The number of fused-ring (bicyclic) bond motifs is 2. The number of carbonyl (C=O) groups excluding carboxylic acids is 2. The third-order valence-corrected chi connectivity index (χ3v) is 4.89. The maximum atomic E-state index is 12.9. The van der Waals surface area contributed by atoms with Gasteiger partial charge in [0.15, 0.2) is 0 Å². The van der Waals surface area contributed by atoms with Crippen LogP contribution in [0.3, 0.4) is 0 Å². The Morgan fingerprint density at radius 1 is 1.12 bits per heavy atom. The van der Waals surface area contributed by atoms with Crippen LogP contribution in [0.5, 0.6) is 0 Å². The number of imide groups is 1. The highest BCUT2D eigenvalue weighted by Crippen LogP contribution is 2.38. The van der Waals surface area contributed by atoms with Gasteiger partial charge in [-0.25, -0.2) is 14.7 Å². The number of anilines is 1. The van der Waals surface area contributed by atoms with E-state index in [0.29, 0.717) is 21.5 Å². The predicted octanol–water partition coefficient (Wildman–Crippen LogP) is 4.77. The topological polar surface area (TPSA) is 120 Å². The van der Waals surface area contributed by atoms with E-state index in [4.69, 9.17) is 4.74 Å². The summed E-state index contributed by atoms with van der Waals surface area (Å²) in [7, 11) is 0. The summed E-state index contributed by atoms with van der Waals surface area (Å²) < 4.78 is 7.15. The summed E-state index contributed by atoms with van der Waals surface area (Å²) in [6, 6.07) is 8.11. The third kappa shape index (κ3) is 4.10. The molecule has 0 fully saturated rings. The van der Waals surface area contributed by atoms with Crippen molar-refractivity contribution in [1.29, 1.82) is 0 Å². The number of amides is 2. The number of pyridine rings is 2. The van der Waals surface area contributed by atoms with Gasteiger partial charge in [0, 0.05) is 47.7 Å². The summed E-state index contributed by atoms with van der Waals surface area (Å²) >= 11 is 0. The van der Waals surface area contributed by atoms with Gasteiger partial charge >= 0.3 is 6.09 Å². The molecule has 0 bridgehead atoms. The van der Waals surface area contributed by atoms with Crippen LogP contribution in [0, 0.1) is 10.1 Å². The quantitative estimate of drug-likeness (QED) is 0.328. The molecule has 1 aromatic carbocycles. The summed E-state index contributed by atoms with van der Waals surface area (Å²) in [6.45, 7) is 6.09. The zero-order valence-electron chi connectivity index (χ0n) is 18.5. The van der Waals surface area contributed by atoms with Crippen LogP contribution in [0.2, 0.25) is 0 Å². The summed E-state index contributed by atoms with van der Waals surface area (Å²) in [6.07, 6.45) is 5.69. The Kier molecular flexibility index (Phi) is 5.28. The molecule has 0 aliphatic carbocycles. The Morgan fingerprint density at radius 2 is 1.88 bits per heavy atom. The van der Waals surface area contributed by atoms with Crippen LogP contribution in [0.25, 0.3) is 27.5 Å². The molecule has 3 aromatic heterocycles. The first kappa shape index (κ1) is 21.9. The number of rotatable bonds is 3. The van der Waals surface area contributed by atoms with E-state index >= 15 is 0 Å². The number of hydrogen-bond donors (Lipinski definition) is 0. The molecule has 0 aliphatic heterocycles. The molecule has 4 rings (SSSR count). The number of ether oxygens (including phenoxy) is 1. The highest BCUT2D eigenvalue weighted by atomic mass is 16.6. The molecule has 0 radical (unpaired) electrons. The van der Waals surface area contributed by atoms with Crippen LogP contribution in [-0.4, -0.2) is 37.1 Å². The number of aromatic nitrogens is 3. The molecular weight excluding hydrogens is 426 g/mol. The van der Waals surface area contributed by atoms with Gasteiger partial charge in [-0.1, -0.05) is 0 Å². The lowest BCUT2D eigenvalue weighted by Gasteiger charge is -2.26. The SMILES string of the molecule is CC(=O)N(C(=O)OC(C)(C)C)c1c([N+](=O)[O-])ccc2cnc(-n3ccc4ccncc43)cc12. The largest absolute Gasteiger partial charge is 0.443 e. The number of nitrogens with zero attached hydrogens (tertiary/aromatic N) is 5. The fourth-order valence-electron chi connectivity index (χ4n) is 3.55. The summed E-state index contributed by atoms with van der Waals surface area (Å²) in [5, 5.41) is 13.6. The van der Waals surface area contributed by atoms with Crippen LogP contribution in [0.4, 0.5) is 16.2 Å². The molecule has 0 saturated heterocycles. The average molecular weight is 447 g/mol. The van der Waals surface area contributed by atoms with Crippen LogP contribution in [0.1, 0.15) is 27.7 Å². The molecular formula is C23H21N5O5. The monoisotopic (exact) mass is 447 g/mol. The van der Waals surface area contributed by atoms with Gasteiger partial charge in [0.05, 0.1) is 16.6 Å². The zero-order chi connectivity index (χ0) is 23.9. The molecule has 168 valence electrons. The number of benzene rings is 1. The molecule has 10 heteroatoms. The minimum atomic E-state index is -1.00. The second kappa shape index (κ2) is 7.97.